The Bertz CT molecular complexity index is 307. The summed E-state index contributed by atoms with van der Waals surface area (Å²) in [4.78, 5) is 10.6. The highest BCUT2D eigenvalue weighted by atomic mass is 79.9. The smallest absolute Gasteiger partial charge is 0.308 e. The van der Waals surface area contributed by atoms with Crippen LogP contribution in [0.2, 0.25) is 0 Å². The predicted molar refractivity (Wildman–Crippen MR) is 50.2 cm³/mol. The zero-order valence-electron chi connectivity index (χ0n) is 6.93. The Morgan fingerprint density at radius 3 is 2.67 bits per heavy atom. The van der Waals surface area contributed by atoms with Crippen molar-refractivity contribution < 1.29 is 9.53 Å². The molecule has 0 bridgehead atoms. The number of aryl methyl sites for hydroxylation is 1. The molecule has 0 aliphatic carbocycles. The molecule has 0 fully saturated rings. The number of carbonyl (C=O) groups excluding carboxylic acids is 1. The van der Waals surface area contributed by atoms with Crippen LogP contribution in [0.25, 0.3) is 0 Å². The van der Waals surface area contributed by atoms with E-state index in [1.165, 1.54) is 6.92 Å². The Labute approximate surface area is 79.7 Å². The summed E-state index contributed by atoms with van der Waals surface area (Å²) >= 11 is 3.36. The van der Waals surface area contributed by atoms with Crippen LogP contribution in [0.15, 0.2) is 22.7 Å². The van der Waals surface area contributed by atoms with E-state index in [1.807, 2.05) is 19.1 Å². The van der Waals surface area contributed by atoms with Gasteiger partial charge in [-0.25, -0.2) is 0 Å². The highest BCUT2D eigenvalue weighted by molar-refractivity contribution is 9.10. The summed E-state index contributed by atoms with van der Waals surface area (Å²) in [5.74, 6) is 0.292. The molecule has 0 amide bonds. The number of carbonyl (C=O) groups is 1. The Morgan fingerprint density at radius 1 is 1.50 bits per heavy atom. The molecule has 1 aromatic rings. The first-order chi connectivity index (χ1) is 5.59. The highest BCUT2D eigenvalue weighted by Crippen LogP contribution is 2.21. The van der Waals surface area contributed by atoms with Crippen molar-refractivity contribution in [3.05, 3.63) is 28.2 Å². The maximum absolute atomic E-state index is 10.6. The summed E-state index contributed by atoms with van der Waals surface area (Å²) in [7, 11) is 0. The normalized spacial score (nSPS) is 9.58. The molecule has 0 aliphatic heterocycles. The molecular weight excluding hydrogens is 220 g/mol. The van der Waals surface area contributed by atoms with Crippen molar-refractivity contribution in [3.8, 4) is 5.75 Å². The van der Waals surface area contributed by atoms with Gasteiger partial charge in [-0.15, -0.1) is 0 Å². The van der Waals surface area contributed by atoms with E-state index in [1.54, 1.807) is 6.07 Å². The lowest BCUT2D eigenvalue weighted by molar-refractivity contribution is -0.131. The topological polar surface area (TPSA) is 26.3 Å². The van der Waals surface area contributed by atoms with Crippen LogP contribution in [0.4, 0.5) is 0 Å². The average molecular weight is 229 g/mol. The first kappa shape index (κ1) is 9.26. The monoisotopic (exact) mass is 228 g/mol. The van der Waals surface area contributed by atoms with E-state index in [4.69, 9.17) is 4.74 Å². The summed E-state index contributed by atoms with van der Waals surface area (Å²) in [6, 6.07) is 5.41. The molecule has 1 rings (SSSR count). The van der Waals surface area contributed by atoms with E-state index in [2.05, 4.69) is 15.9 Å². The van der Waals surface area contributed by atoms with Crippen LogP contribution >= 0.6 is 15.9 Å². The van der Waals surface area contributed by atoms with Crippen molar-refractivity contribution in [2.45, 2.75) is 13.8 Å². The lowest BCUT2D eigenvalue weighted by Gasteiger charge is -2.02. The molecule has 0 saturated heterocycles. The zero-order chi connectivity index (χ0) is 9.14. The number of halogens is 1. The van der Waals surface area contributed by atoms with Gasteiger partial charge in [0.25, 0.3) is 0 Å². The molecule has 0 aliphatic rings. The van der Waals surface area contributed by atoms with Crippen molar-refractivity contribution >= 4 is 21.9 Å². The van der Waals surface area contributed by atoms with Gasteiger partial charge in [0, 0.05) is 11.4 Å². The van der Waals surface area contributed by atoms with E-state index in [0.717, 1.165) is 10.0 Å². The summed E-state index contributed by atoms with van der Waals surface area (Å²) in [6.45, 7) is 3.33. The second-order valence-corrected chi connectivity index (χ2v) is 3.36. The standard InChI is InChI=1S/C9H9BrO2/c1-6-5-8(12-7(2)11)3-4-9(6)10/h3-5H,1-2H3. The van der Waals surface area contributed by atoms with E-state index in [0.29, 0.717) is 5.75 Å². The highest BCUT2D eigenvalue weighted by Gasteiger charge is 1.99. The quantitative estimate of drug-likeness (QED) is 0.546. The Morgan fingerprint density at radius 2 is 2.17 bits per heavy atom. The number of hydrogen-bond acceptors (Lipinski definition) is 2. The van der Waals surface area contributed by atoms with Gasteiger partial charge in [0.15, 0.2) is 0 Å². The minimum absolute atomic E-state index is 0.295. The number of esters is 1. The molecule has 12 heavy (non-hydrogen) atoms. The van der Waals surface area contributed by atoms with Gasteiger partial charge in [0.2, 0.25) is 0 Å². The fraction of sp³-hybridized carbons (Fsp3) is 0.222. The average Bonchev–Trinajstić information content (AvgIpc) is 1.96. The molecule has 2 nitrogen and oxygen atoms in total. The lowest BCUT2D eigenvalue weighted by atomic mass is 10.2. The third-order valence-electron chi connectivity index (χ3n) is 1.39. The van der Waals surface area contributed by atoms with Gasteiger partial charge in [0.1, 0.15) is 5.75 Å². The number of hydrogen-bond donors (Lipinski definition) is 0. The van der Waals surface area contributed by atoms with E-state index in [-0.39, 0.29) is 5.97 Å². The van der Waals surface area contributed by atoms with Crippen LogP contribution in [0, 0.1) is 6.92 Å². The Hall–Kier alpha value is -0.830. The van der Waals surface area contributed by atoms with Crippen LogP contribution in [-0.4, -0.2) is 5.97 Å². The molecular formula is C9H9BrO2. The van der Waals surface area contributed by atoms with Crippen molar-refractivity contribution in [1.82, 2.24) is 0 Å². The number of ether oxygens (including phenoxy) is 1. The first-order valence-corrected chi connectivity index (χ1v) is 4.33. The predicted octanol–water partition coefficient (Wildman–Crippen LogP) is 2.68. The summed E-state index contributed by atoms with van der Waals surface area (Å²) < 4.78 is 5.90. The molecule has 0 saturated carbocycles. The van der Waals surface area contributed by atoms with Gasteiger partial charge in [0.05, 0.1) is 0 Å². The van der Waals surface area contributed by atoms with Gasteiger partial charge in [-0.1, -0.05) is 15.9 Å². The lowest BCUT2D eigenvalue weighted by Crippen LogP contribution is -2.01. The largest absolute Gasteiger partial charge is 0.427 e. The fourth-order valence-electron chi connectivity index (χ4n) is 0.847. The SMILES string of the molecule is CC(=O)Oc1ccc(Br)c(C)c1. The van der Waals surface area contributed by atoms with Gasteiger partial charge < -0.3 is 4.74 Å². The van der Waals surface area contributed by atoms with E-state index in [9.17, 15) is 4.79 Å². The molecule has 0 spiro atoms. The fourth-order valence-corrected chi connectivity index (χ4v) is 1.09. The maximum atomic E-state index is 10.6. The van der Waals surface area contributed by atoms with Gasteiger partial charge in [-0.3, -0.25) is 4.79 Å². The van der Waals surface area contributed by atoms with Crippen molar-refractivity contribution in [2.24, 2.45) is 0 Å². The van der Waals surface area contributed by atoms with Crippen molar-refractivity contribution in [3.63, 3.8) is 0 Å². The summed E-state index contributed by atoms with van der Waals surface area (Å²) in [6.07, 6.45) is 0. The van der Waals surface area contributed by atoms with Crippen LogP contribution in [0.1, 0.15) is 12.5 Å². The molecule has 0 heterocycles. The van der Waals surface area contributed by atoms with Crippen LogP contribution in [0.5, 0.6) is 5.75 Å². The van der Waals surface area contributed by atoms with Gasteiger partial charge in [-0.2, -0.15) is 0 Å². The van der Waals surface area contributed by atoms with Crippen LogP contribution in [0.3, 0.4) is 0 Å². The summed E-state index contributed by atoms with van der Waals surface area (Å²) in [5, 5.41) is 0. The molecule has 0 atom stereocenters. The third-order valence-corrected chi connectivity index (χ3v) is 2.28. The van der Waals surface area contributed by atoms with Gasteiger partial charge >= 0.3 is 5.97 Å². The minimum atomic E-state index is -0.295. The maximum Gasteiger partial charge on any atom is 0.308 e. The molecule has 0 unspecified atom stereocenters. The van der Waals surface area contributed by atoms with E-state index < -0.39 is 0 Å². The van der Waals surface area contributed by atoms with Crippen LogP contribution in [-0.2, 0) is 4.79 Å². The molecule has 64 valence electrons. The number of benzene rings is 1. The second-order valence-electron chi connectivity index (χ2n) is 2.50. The van der Waals surface area contributed by atoms with Gasteiger partial charge in [-0.05, 0) is 30.7 Å². The summed E-state index contributed by atoms with van der Waals surface area (Å²) in [5.41, 5.74) is 1.05. The molecule has 3 heteroatoms. The zero-order valence-corrected chi connectivity index (χ0v) is 8.51. The van der Waals surface area contributed by atoms with E-state index >= 15 is 0 Å². The second kappa shape index (κ2) is 3.72. The Kier molecular flexibility index (Phi) is 2.87. The minimum Gasteiger partial charge on any atom is -0.427 e. The number of rotatable bonds is 1. The van der Waals surface area contributed by atoms with Crippen LogP contribution < -0.4 is 4.74 Å². The molecule has 0 N–H and O–H groups in total. The van der Waals surface area contributed by atoms with Crippen molar-refractivity contribution in [1.29, 1.82) is 0 Å². The molecule has 1 aromatic carbocycles. The Balaban J connectivity index is 2.89. The third kappa shape index (κ3) is 2.34. The molecule has 0 radical (unpaired) electrons. The van der Waals surface area contributed by atoms with Crippen molar-refractivity contribution in [2.75, 3.05) is 0 Å². The first-order valence-electron chi connectivity index (χ1n) is 3.54. The molecule has 0 aromatic heterocycles.